The summed E-state index contributed by atoms with van der Waals surface area (Å²) in [6.07, 6.45) is 12.3. The summed E-state index contributed by atoms with van der Waals surface area (Å²) in [6.45, 7) is 7.38. The number of esters is 1. The topological polar surface area (TPSA) is 35.5 Å². The van der Waals surface area contributed by atoms with E-state index in [0.29, 0.717) is 17.9 Å². The van der Waals surface area contributed by atoms with Gasteiger partial charge in [0, 0.05) is 0 Å². The number of allylic oxidation sites excluding steroid dienone is 2. The van der Waals surface area contributed by atoms with Gasteiger partial charge in [-0.25, -0.2) is 4.79 Å². The number of carbonyl (C=O) groups is 1. The molecular weight excluding hydrogens is 444 g/mol. The Labute approximate surface area is 217 Å². The van der Waals surface area contributed by atoms with Gasteiger partial charge in [0.1, 0.15) is 11.5 Å². The van der Waals surface area contributed by atoms with Crippen molar-refractivity contribution in [2.45, 2.75) is 65.7 Å². The van der Waals surface area contributed by atoms with E-state index in [-0.39, 0.29) is 5.97 Å². The lowest BCUT2D eigenvalue weighted by molar-refractivity contribution is 0.0734. The van der Waals surface area contributed by atoms with Crippen molar-refractivity contribution in [3.05, 3.63) is 96.1 Å². The van der Waals surface area contributed by atoms with Crippen LogP contribution in [-0.4, -0.2) is 12.6 Å². The van der Waals surface area contributed by atoms with E-state index in [4.69, 9.17) is 9.47 Å². The summed E-state index contributed by atoms with van der Waals surface area (Å²) >= 11 is 0. The first-order chi connectivity index (χ1) is 17.6. The molecule has 0 fully saturated rings. The first-order valence-electron chi connectivity index (χ1n) is 13.4. The number of hydrogen-bond donors (Lipinski definition) is 0. The van der Waals surface area contributed by atoms with Crippen LogP contribution in [0.5, 0.6) is 11.5 Å². The third-order valence-electron chi connectivity index (χ3n) is 6.50. The number of benzene rings is 3. The molecule has 0 bridgehead atoms. The fraction of sp³-hybridized carbons (Fsp3) is 0.364. The zero-order chi connectivity index (χ0) is 25.6. The molecule has 0 spiro atoms. The molecule has 1 atom stereocenters. The van der Waals surface area contributed by atoms with Crippen LogP contribution in [0.2, 0.25) is 0 Å². The molecule has 0 aliphatic rings. The van der Waals surface area contributed by atoms with Crippen LogP contribution < -0.4 is 9.47 Å². The second-order valence-corrected chi connectivity index (χ2v) is 9.41. The van der Waals surface area contributed by atoms with Crippen LogP contribution in [0.3, 0.4) is 0 Å². The highest BCUT2D eigenvalue weighted by atomic mass is 16.5. The highest BCUT2D eigenvalue weighted by molar-refractivity contribution is 5.91. The second kappa shape index (κ2) is 14.9. The Balaban J connectivity index is 1.46. The molecule has 36 heavy (non-hydrogen) atoms. The normalized spacial score (nSPS) is 12.0. The van der Waals surface area contributed by atoms with Crippen LogP contribution in [0.4, 0.5) is 0 Å². The van der Waals surface area contributed by atoms with Crippen molar-refractivity contribution in [3.8, 4) is 22.6 Å². The Morgan fingerprint density at radius 1 is 0.806 bits per heavy atom. The SMILES string of the molecule is CC/C=C\CCCCOc1ccc(OC(=O)c2ccc(-c3ccc(CC[C@@H](C)CC)cc3)cc2)cc1. The van der Waals surface area contributed by atoms with Gasteiger partial charge in [0.2, 0.25) is 0 Å². The zero-order valence-corrected chi connectivity index (χ0v) is 22.0. The molecule has 0 saturated carbocycles. The Bertz CT molecular complexity index is 1060. The first-order valence-corrected chi connectivity index (χ1v) is 13.4. The largest absolute Gasteiger partial charge is 0.494 e. The quantitative estimate of drug-likeness (QED) is 0.0990. The summed E-state index contributed by atoms with van der Waals surface area (Å²) in [7, 11) is 0. The number of ether oxygens (including phenoxy) is 2. The summed E-state index contributed by atoms with van der Waals surface area (Å²) in [5.41, 5.74) is 4.13. The maximum absolute atomic E-state index is 12.6. The van der Waals surface area contributed by atoms with Crippen LogP contribution in [0.15, 0.2) is 84.9 Å². The molecule has 3 rings (SSSR count). The van der Waals surface area contributed by atoms with Gasteiger partial charge in [-0.15, -0.1) is 0 Å². The molecule has 0 aliphatic carbocycles. The lowest BCUT2D eigenvalue weighted by Gasteiger charge is -2.09. The highest BCUT2D eigenvalue weighted by Gasteiger charge is 2.10. The van der Waals surface area contributed by atoms with E-state index in [1.54, 1.807) is 12.1 Å². The number of rotatable bonds is 14. The predicted molar refractivity (Wildman–Crippen MR) is 150 cm³/mol. The molecule has 0 saturated heterocycles. The first kappa shape index (κ1) is 27.3. The predicted octanol–water partition coefficient (Wildman–Crippen LogP) is 9.07. The van der Waals surface area contributed by atoms with Gasteiger partial charge in [-0.05, 0) is 97.5 Å². The van der Waals surface area contributed by atoms with Crippen molar-refractivity contribution in [2.75, 3.05) is 6.61 Å². The molecule has 0 heterocycles. The van der Waals surface area contributed by atoms with E-state index in [1.807, 2.05) is 36.4 Å². The van der Waals surface area contributed by atoms with Crippen LogP contribution in [0.25, 0.3) is 11.1 Å². The molecule has 3 nitrogen and oxygen atoms in total. The fourth-order valence-corrected chi connectivity index (χ4v) is 3.89. The monoisotopic (exact) mass is 484 g/mol. The van der Waals surface area contributed by atoms with Crippen LogP contribution in [-0.2, 0) is 6.42 Å². The average Bonchev–Trinajstić information content (AvgIpc) is 2.92. The van der Waals surface area contributed by atoms with E-state index in [9.17, 15) is 4.79 Å². The molecule has 0 aliphatic heterocycles. The third kappa shape index (κ3) is 9.03. The van der Waals surface area contributed by atoms with Crippen LogP contribution in [0, 0.1) is 5.92 Å². The summed E-state index contributed by atoms with van der Waals surface area (Å²) in [6, 6.07) is 23.5. The van der Waals surface area contributed by atoms with E-state index < -0.39 is 0 Å². The molecule has 190 valence electrons. The van der Waals surface area contributed by atoms with Gasteiger partial charge >= 0.3 is 5.97 Å². The van der Waals surface area contributed by atoms with E-state index in [0.717, 1.165) is 54.9 Å². The van der Waals surface area contributed by atoms with Crippen molar-refractivity contribution < 1.29 is 14.3 Å². The molecule has 3 heteroatoms. The second-order valence-electron chi connectivity index (χ2n) is 9.41. The minimum absolute atomic E-state index is 0.365. The van der Waals surface area contributed by atoms with Gasteiger partial charge in [-0.2, -0.15) is 0 Å². The number of hydrogen-bond acceptors (Lipinski definition) is 3. The van der Waals surface area contributed by atoms with Gasteiger partial charge < -0.3 is 9.47 Å². The molecule has 0 radical (unpaired) electrons. The van der Waals surface area contributed by atoms with Gasteiger partial charge in [0.05, 0.1) is 12.2 Å². The van der Waals surface area contributed by atoms with Crippen molar-refractivity contribution in [3.63, 3.8) is 0 Å². The Morgan fingerprint density at radius 2 is 1.44 bits per heavy atom. The number of carbonyl (C=O) groups excluding carboxylic acids is 1. The molecule has 0 aromatic heterocycles. The van der Waals surface area contributed by atoms with Crippen molar-refractivity contribution in [1.29, 1.82) is 0 Å². The summed E-state index contributed by atoms with van der Waals surface area (Å²) < 4.78 is 11.3. The van der Waals surface area contributed by atoms with Gasteiger partial charge in [0.15, 0.2) is 0 Å². The average molecular weight is 485 g/mol. The molecule has 3 aromatic rings. The van der Waals surface area contributed by atoms with Crippen molar-refractivity contribution in [1.82, 2.24) is 0 Å². The molecule has 3 aromatic carbocycles. The maximum Gasteiger partial charge on any atom is 0.343 e. The van der Waals surface area contributed by atoms with Crippen molar-refractivity contribution >= 4 is 5.97 Å². The standard InChI is InChI=1S/C33H40O3/c1-4-6-7-8-9-10-25-35-31-21-23-32(24-22-31)36-33(34)30-19-17-29(18-20-30)28-15-13-27(14-16-28)12-11-26(3)5-2/h6-7,13-24,26H,4-5,8-12,25H2,1-3H3/b7-6-/t26-/m0/s1. The molecule has 0 amide bonds. The van der Waals surface area contributed by atoms with Crippen LogP contribution >= 0.6 is 0 Å². The number of aryl methyl sites for hydroxylation is 1. The minimum Gasteiger partial charge on any atom is -0.494 e. The maximum atomic E-state index is 12.6. The summed E-state index contributed by atoms with van der Waals surface area (Å²) in [5, 5.41) is 0. The summed E-state index contributed by atoms with van der Waals surface area (Å²) in [4.78, 5) is 12.6. The smallest absolute Gasteiger partial charge is 0.343 e. The molecule has 0 unspecified atom stereocenters. The van der Waals surface area contributed by atoms with E-state index in [2.05, 4.69) is 57.2 Å². The van der Waals surface area contributed by atoms with Gasteiger partial charge in [0.25, 0.3) is 0 Å². The van der Waals surface area contributed by atoms with Gasteiger partial charge in [-0.1, -0.05) is 75.7 Å². The fourth-order valence-electron chi connectivity index (χ4n) is 3.89. The molecule has 0 N–H and O–H groups in total. The highest BCUT2D eigenvalue weighted by Crippen LogP contribution is 2.23. The van der Waals surface area contributed by atoms with E-state index in [1.165, 1.54) is 18.4 Å². The third-order valence-corrected chi connectivity index (χ3v) is 6.50. The molecular formula is C33H40O3. The lowest BCUT2D eigenvalue weighted by Crippen LogP contribution is -2.08. The van der Waals surface area contributed by atoms with E-state index >= 15 is 0 Å². The summed E-state index contributed by atoms with van der Waals surface area (Å²) in [5.74, 6) is 1.69. The Morgan fingerprint density at radius 3 is 2.08 bits per heavy atom. The zero-order valence-electron chi connectivity index (χ0n) is 22.0. The lowest BCUT2D eigenvalue weighted by atomic mass is 9.97. The number of unbranched alkanes of at least 4 members (excludes halogenated alkanes) is 2. The van der Waals surface area contributed by atoms with Gasteiger partial charge in [-0.3, -0.25) is 0 Å². The Hall–Kier alpha value is -3.33. The van der Waals surface area contributed by atoms with Crippen LogP contribution in [0.1, 0.15) is 75.2 Å². The van der Waals surface area contributed by atoms with Crippen molar-refractivity contribution in [2.24, 2.45) is 5.92 Å². The minimum atomic E-state index is -0.365. The Kier molecular flexibility index (Phi) is 11.3.